The highest BCUT2D eigenvalue weighted by atomic mass is 16.5. The average molecular weight is 452 g/mol. The minimum Gasteiger partial charge on any atom is -0.496 e. The maximum absolute atomic E-state index is 13.4. The SMILES string of the molecule is CCN(CC)c1ccc(NC2=C(c3ccccc3OC)C(=O)N(CCOC(C)C)C2=O)cc1. The van der Waals surface area contributed by atoms with E-state index in [1.807, 2.05) is 50.2 Å². The van der Waals surface area contributed by atoms with Crippen molar-refractivity contribution in [2.24, 2.45) is 0 Å². The Labute approximate surface area is 196 Å². The van der Waals surface area contributed by atoms with E-state index < -0.39 is 0 Å². The molecular weight excluding hydrogens is 418 g/mol. The Hall–Kier alpha value is -3.32. The minimum atomic E-state index is -0.374. The van der Waals surface area contributed by atoms with Crippen molar-refractivity contribution < 1.29 is 19.1 Å². The zero-order chi connectivity index (χ0) is 24.0. The van der Waals surface area contributed by atoms with Gasteiger partial charge >= 0.3 is 0 Å². The molecule has 33 heavy (non-hydrogen) atoms. The maximum atomic E-state index is 13.4. The summed E-state index contributed by atoms with van der Waals surface area (Å²) in [6.07, 6.45) is 0.0152. The second-order valence-electron chi connectivity index (χ2n) is 7.98. The molecule has 2 aromatic carbocycles. The maximum Gasteiger partial charge on any atom is 0.278 e. The van der Waals surface area contributed by atoms with Gasteiger partial charge in [-0.05, 0) is 58.0 Å². The lowest BCUT2D eigenvalue weighted by molar-refractivity contribution is -0.137. The van der Waals surface area contributed by atoms with E-state index in [1.54, 1.807) is 19.2 Å². The number of hydrogen-bond donors (Lipinski definition) is 1. The van der Waals surface area contributed by atoms with Crippen molar-refractivity contribution in [2.45, 2.75) is 33.8 Å². The number of carbonyl (C=O) groups is 2. The number of benzene rings is 2. The number of imide groups is 1. The van der Waals surface area contributed by atoms with Crippen LogP contribution in [-0.2, 0) is 14.3 Å². The van der Waals surface area contributed by atoms with Gasteiger partial charge in [-0.15, -0.1) is 0 Å². The summed E-state index contributed by atoms with van der Waals surface area (Å²) in [5, 5.41) is 3.20. The summed E-state index contributed by atoms with van der Waals surface area (Å²) in [5.74, 6) is -0.203. The fourth-order valence-electron chi connectivity index (χ4n) is 3.86. The zero-order valence-corrected chi connectivity index (χ0v) is 20.1. The number of nitrogens with one attached hydrogen (secondary N) is 1. The third kappa shape index (κ3) is 5.37. The quantitative estimate of drug-likeness (QED) is 0.518. The molecule has 176 valence electrons. The van der Waals surface area contributed by atoms with Gasteiger partial charge < -0.3 is 19.7 Å². The molecule has 0 bridgehead atoms. The molecule has 0 unspecified atom stereocenters. The van der Waals surface area contributed by atoms with Crippen LogP contribution in [0.4, 0.5) is 11.4 Å². The van der Waals surface area contributed by atoms with Crippen LogP contribution in [0.1, 0.15) is 33.3 Å². The van der Waals surface area contributed by atoms with E-state index in [0.29, 0.717) is 16.9 Å². The molecule has 0 atom stereocenters. The van der Waals surface area contributed by atoms with Gasteiger partial charge in [-0.3, -0.25) is 14.5 Å². The van der Waals surface area contributed by atoms with E-state index in [9.17, 15) is 9.59 Å². The molecule has 2 aromatic rings. The fourth-order valence-corrected chi connectivity index (χ4v) is 3.86. The van der Waals surface area contributed by atoms with Crippen LogP contribution in [-0.4, -0.2) is 56.2 Å². The molecule has 0 aromatic heterocycles. The normalized spacial score (nSPS) is 13.8. The lowest BCUT2D eigenvalue weighted by Gasteiger charge is -2.21. The van der Waals surface area contributed by atoms with Crippen LogP contribution in [0.25, 0.3) is 5.57 Å². The highest BCUT2D eigenvalue weighted by molar-refractivity contribution is 6.37. The Kier molecular flexibility index (Phi) is 8.11. The summed E-state index contributed by atoms with van der Waals surface area (Å²) in [4.78, 5) is 30.2. The van der Waals surface area contributed by atoms with Crippen LogP contribution >= 0.6 is 0 Å². The Balaban J connectivity index is 1.96. The van der Waals surface area contributed by atoms with Crippen molar-refractivity contribution >= 4 is 28.8 Å². The topological polar surface area (TPSA) is 71.1 Å². The van der Waals surface area contributed by atoms with Gasteiger partial charge in [0.25, 0.3) is 11.8 Å². The van der Waals surface area contributed by atoms with Gasteiger partial charge in [0.15, 0.2) is 0 Å². The van der Waals surface area contributed by atoms with Crippen molar-refractivity contribution in [3.8, 4) is 5.75 Å². The highest BCUT2D eigenvalue weighted by Gasteiger charge is 2.40. The largest absolute Gasteiger partial charge is 0.496 e. The standard InChI is InChI=1S/C26H33N3O4/c1-6-28(7-2)20-14-12-19(13-15-20)27-24-23(21-10-8-9-11-22(21)32-5)25(30)29(26(24)31)16-17-33-18(3)4/h8-15,18,27H,6-7,16-17H2,1-5H3. The zero-order valence-electron chi connectivity index (χ0n) is 20.1. The first-order chi connectivity index (χ1) is 15.9. The number of anilines is 2. The third-order valence-corrected chi connectivity index (χ3v) is 5.58. The summed E-state index contributed by atoms with van der Waals surface area (Å²) >= 11 is 0. The number of nitrogens with zero attached hydrogens (tertiary/aromatic N) is 2. The first-order valence-corrected chi connectivity index (χ1v) is 11.4. The molecule has 0 fully saturated rings. The van der Waals surface area contributed by atoms with Crippen molar-refractivity contribution in [2.75, 3.05) is 43.6 Å². The van der Waals surface area contributed by atoms with E-state index in [-0.39, 0.29) is 36.8 Å². The molecule has 0 saturated carbocycles. The van der Waals surface area contributed by atoms with Crippen LogP contribution in [0.15, 0.2) is 54.2 Å². The molecule has 2 amide bonds. The van der Waals surface area contributed by atoms with Crippen LogP contribution in [0.5, 0.6) is 5.75 Å². The molecule has 1 heterocycles. The Morgan fingerprint density at radius 3 is 2.24 bits per heavy atom. The molecule has 0 spiro atoms. The van der Waals surface area contributed by atoms with Crippen molar-refractivity contribution in [3.63, 3.8) is 0 Å². The van der Waals surface area contributed by atoms with Gasteiger partial charge in [-0.1, -0.05) is 18.2 Å². The molecule has 1 aliphatic heterocycles. The molecule has 0 saturated heterocycles. The third-order valence-electron chi connectivity index (χ3n) is 5.58. The van der Waals surface area contributed by atoms with E-state index >= 15 is 0 Å². The van der Waals surface area contributed by atoms with Crippen LogP contribution in [0.3, 0.4) is 0 Å². The smallest absolute Gasteiger partial charge is 0.278 e. The van der Waals surface area contributed by atoms with Crippen LogP contribution in [0, 0.1) is 0 Å². The van der Waals surface area contributed by atoms with E-state index in [4.69, 9.17) is 9.47 Å². The van der Waals surface area contributed by atoms with Gasteiger partial charge in [0.05, 0.1) is 31.9 Å². The monoisotopic (exact) mass is 451 g/mol. The molecular formula is C26H33N3O4. The first kappa shape index (κ1) is 24.3. The molecule has 1 N–H and O–H groups in total. The lowest BCUT2D eigenvalue weighted by Crippen LogP contribution is -2.35. The number of amides is 2. The van der Waals surface area contributed by atoms with E-state index in [0.717, 1.165) is 24.5 Å². The number of hydrogen-bond acceptors (Lipinski definition) is 6. The predicted octanol–water partition coefficient (Wildman–Crippen LogP) is 4.16. The van der Waals surface area contributed by atoms with Gasteiger partial charge in [0.2, 0.25) is 0 Å². The summed E-state index contributed by atoms with van der Waals surface area (Å²) in [6.45, 7) is 10.3. The highest BCUT2D eigenvalue weighted by Crippen LogP contribution is 2.35. The molecule has 1 aliphatic rings. The lowest BCUT2D eigenvalue weighted by atomic mass is 10.0. The van der Waals surface area contributed by atoms with Crippen LogP contribution in [0.2, 0.25) is 0 Å². The Bertz CT molecular complexity index is 1010. The van der Waals surface area contributed by atoms with E-state index in [2.05, 4.69) is 24.1 Å². The summed E-state index contributed by atoms with van der Waals surface area (Å²) in [7, 11) is 1.55. The van der Waals surface area contributed by atoms with Crippen molar-refractivity contribution in [1.82, 2.24) is 4.90 Å². The summed E-state index contributed by atoms with van der Waals surface area (Å²) < 4.78 is 11.1. The summed E-state index contributed by atoms with van der Waals surface area (Å²) in [6, 6.07) is 15.1. The second kappa shape index (κ2) is 11.0. The number of rotatable bonds is 11. The van der Waals surface area contributed by atoms with Gasteiger partial charge in [-0.25, -0.2) is 0 Å². The predicted molar refractivity (Wildman–Crippen MR) is 131 cm³/mol. The van der Waals surface area contributed by atoms with Gasteiger partial charge in [0.1, 0.15) is 11.4 Å². The number of ether oxygens (including phenoxy) is 2. The molecule has 0 radical (unpaired) electrons. The second-order valence-corrected chi connectivity index (χ2v) is 7.98. The fraction of sp³-hybridized carbons (Fsp3) is 0.385. The molecule has 0 aliphatic carbocycles. The Morgan fingerprint density at radius 1 is 0.970 bits per heavy atom. The van der Waals surface area contributed by atoms with Gasteiger partial charge in [0, 0.05) is 30.0 Å². The number of methoxy groups -OCH3 is 1. The van der Waals surface area contributed by atoms with E-state index in [1.165, 1.54) is 4.90 Å². The summed E-state index contributed by atoms with van der Waals surface area (Å²) in [5.41, 5.74) is 2.95. The average Bonchev–Trinajstić information content (AvgIpc) is 3.04. The molecule has 7 heteroatoms. The molecule has 7 nitrogen and oxygen atoms in total. The minimum absolute atomic E-state index is 0.0152. The number of para-hydroxylation sites is 1. The van der Waals surface area contributed by atoms with Crippen molar-refractivity contribution in [1.29, 1.82) is 0 Å². The molecule has 3 rings (SSSR count). The first-order valence-electron chi connectivity index (χ1n) is 11.4. The van der Waals surface area contributed by atoms with Crippen molar-refractivity contribution in [3.05, 3.63) is 59.8 Å². The Morgan fingerprint density at radius 2 is 1.64 bits per heavy atom. The van der Waals surface area contributed by atoms with Gasteiger partial charge in [-0.2, -0.15) is 0 Å². The number of carbonyl (C=O) groups excluding carboxylic acids is 2. The van der Waals surface area contributed by atoms with Crippen LogP contribution < -0.4 is 15.0 Å².